The van der Waals surface area contributed by atoms with E-state index in [1.165, 1.54) is 72.9 Å². The quantitative estimate of drug-likeness (QED) is 0.155. The number of nitrogen functional groups attached to an aromatic ring is 2. The average molecular weight is 749 g/mol. The summed E-state index contributed by atoms with van der Waals surface area (Å²) in [5.41, 5.74) is 13.3. The van der Waals surface area contributed by atoms with Crippen molar-refractivity contribution in [2.24, 2.45) is 0 Å². The monoisotopic (exact) mass is 748 g/mol. The Morgan fingerprint density at radius 1 is 0.491 bits per heavy atom. The Balaban J connectivity index is 0.918. The number of nitrogens with two attached hydrogens (primary N) is 2. The van der Waals surface area contributed by atoms with E-state index in [9.17, 15) is 28.8 Å². The fourth-order valence-electron chi connectivity index (χ4n) is 5.85. The van der Waals surface area contributed by atoms with Crippen molar-refractivity contribution in [3.8, 4) is 0 Å². The Labute approximate surface area is 314 Å². The molecule has 0 spiro atoms. The summed E-state index contributed by atoms with van der Waals surface area (Å²) >= 11 is 1.38. The molecule has 0 saturated heterocycles. The van der Waals surface area contributed by atoms with Crippen LogP contribution in [0.3, 0.4) is 0 Å². The van der Waals surface area contributed by atoms with Crippen LogP contribution in [0.1, 0.15) is 62.1 Å². The van der Waals surface area contributed by atoms with Crippen molar-refractivity contribution in [3.05, 3.63) is 143 Å². The van der Waals surface area contributed by atoms with E-state index in [4.69, 9.17) is 11.5 Å². The lowest BCUT2D eigenvalue weighted by atomic mass is 10.1. The number of rotatable bonds is 8. The van der Waals surface area contributed by atoms with Crippen molar-refractivity contribution in [1.82, 2.24) is 19.9 Å². The zero-order valence-corrected chi connectivity index (χ0v) is 28.9. The molecule has 6 aromatic rings. The summed E-state index contributed by atoms with van der Waals surface area (Å²) in [6, 6.07) is 22.0. The van der Waals surface area contributed by atoms with E-state index in [-0.39, 0.29) is 45.3 Å². The second-order valence-electron chi connectivity index (χ2n) is 12.1. The molecule has 55 heavy (non-hydrogen) atoms. The lowest BCUT2D eigenvalue weighted by Gasteiger charge is -2.15. The van der Waals surface area contributed by atoms with Crippen LogP contribution in [-0.2, 0) is 0 Å². The molecule has 2 aromatic heterocycles. The number of nitrogens with zero attached hydrogens (tertiary/aromatic N) is 6. The van der Waals surface area contributed by atoms with E-state index in [0.717, 1.165) is 19.6 Å². The Kier molecular flexibility index (Phi) is 8.51. The van der Waals surface area contributed by atoms with Crippen LogP contribution >= 0.6 is 11.8 Å². The molecule has 0 atom stereocenters. The molecular weight excluding hydrogens is 725 g/mol. The number of hydrogen-bond donors (Lipinski definition) is 4. The number of fused-ring (bicyclic) bond motifs is 2. The Bertz CT molecular complexity index is 2420. The predicted molar refractivity (Wildman–Crippen MR) is 201 cm³/mol. The van der Waals surface area contributed by atoms with Crippen LogP contribution in [0, 0.1) is 0 Å². The number of amides is 6. The molecule has 8 rings (SSSR count). The molecule has 0 fully saturated rings. The van der Waals surface area contributed by atoms with Gasteiger partial charge in [0, 0.05) is 20.9 Å². The lowest BCUT2D eigenvalue weighted by Crippen LogP contribution is -2.29. The van der Waals surface area contributed by atoms with Gasteiger partial charge >= 0.3 is 0 Å². The molecule has 0 bridgehead atoms. The van der Waals surface area contributed by atoms with Crippen molar-refractivity contribution >= 4 is 81.9 Å². The molecule has 0 aliphatic carbocycles. The molecule has 4 heterocycles. The summed E-state index contributed by atoms with van der Waals surface area (Å²) in [6.45, 7) is 0. The zero-order chi connectivity index (χ0) is 38.4. The van der Waals surface area contributed by atoms with Crippen LogP contribution in [-0.4, -0.2) is 55.4 Å². The summed E-state index contributed by atoms with van der Waals surface area (Å²) in [7, 11) is 0. The second kappa shape index (κ2) is 13.6. The summed E-state index contributed by atoms with van der Waals surface area (Å²) in [5.74, 6) is -3.25. The number of hydrogen-bond acceptors (Lipinski definition) is 13. The third-order valence-electron chi connectivity index (χ3n) is 8.52. The van der Waals surface area contributed by atoms with Gasteiger partial charge in [0.15, 0.2) is 0 Å². The van der Waals surface area contributed by atoms with Crippen molar-refractivity contribution in [1.29, 1.82) is 0 Å². The van der Waals surface area contributed by atoms with E-state index in [1.54, 1.807) is 48.5 Å². The molecule has 0 radical (unpaired) electrons. The molecule has 4 aromatic carbocycles. The van der Waals surface area contributed by atoms with Crippen LogP contribution in [0.5, 0.6) is 0 Å². The standard InChI is InChI=1S/C38H24N10O6S/c39-21-15-41-37(42-16-21)45-31(49)19-1-11-27-29(13-19)35(53)47(33(27)51)23-3-7-25(8-4-23)55-26-9-5-24(6-10-26)48-34(52)28-12-2-20(14-30(28)36(48)54)32(50)46-38-43-17-22(40)18-44-38/h1-18H,39-40H2,(H,41,42,45,49)(H,43,44,46,50). The molecule has 2 aliphatic rings. The van der Waals surface area contributed by atoms with Gasteiger partial charge in [-0.2, -0.15) is 0 Å². The Morgan fingerprint density at radius 2 is 0.836 bits per heavy atom. The SMILES string of the molecule is Nc1cnc(NC(=O)c2ccc3c(c2)C(=O)N(c2ccc(Sc4ccc(N5C(=O)c6ccc(C(=O)Nc7ncc(N)cn7)cc6C5=O)cc4)cc2)C3=O)nc1. The van der Waals surface area contributed by atoms with Gasteiger partial charge in [0.2, 0.25) is 11.9 Å². The summed E-state index contributed by atoms with van der Waals surface area (Å²) in [6.07, 6.45) is 5.37. The number of nitrogens with one attached hydrogen (secondary N) is 2. The van der Waals surface area contributed by atoms with Gasteiger partial charge in [-0.15, -0.1) is 0 Å². The highest BCUT2D eigenvalue weighted by Gasteiger charge is 2.38. The highest BCUT2D eigenvalue weighted by atomic mass is 32.2. The van der Waals surface area contributed by atoms with E-state index in [2.05, 4.69) is 30.6 Å². The maximum Gasteiger partial charge on any atom is 0.266 e. The van der Waals surface area contributed by atoms with Crippen molar-refractivity contribution in [2.75, 3.05) is 31.9 Å². The van der Waals surface area contributed by atoms with E-state index in [1.807, 2.05) is 0 Å². The minimum atomic E-state index is -0.574. The van der Waals surface area contributed by atoms with E-state index >= 15 is 0 Å². The lowest BCUT2D eigenvalue weighted by molar-refractivity contribution is 0.0910. The second-order valence-corrected chi connectivity index (χ2v) is 13.2. The number of aromatic nitrogens is 4. The molecule has 16 nitrogen and oxygen atoms in total. The number of anilines is 6. The van der Waals surface area contributed by atoms with Crippen LogP contribution in [0.15, 0.2) is 120 Å². The van der Waals surface area contributed by atoms with Gasteiger partial charge in [-0.25, -0.2) is 29.7 Å². The summed E-state index contributed by atoms with van der Waals surface area (Å²) in [4.78, 5) is 98.3. The van der Waals surface area contributed by atoms with Crippen molar-refractivity contribution in [3.63, 3.8) is 0 Å². The highest BCUT2D eigenvalue weighted by molar-refractivity contribution is 7.99. The van der Waals surface area contributed by atoms with Gasteiger partial charge in [-0.05, 0) is 84.9 Å². The van der Waals surface area contributed by atoms with Gasteiger partial charge in [0.1, 0.15) is 0 Å². The maximum atomic E-state index is 13.4. The van der Waals surface area contributed by atoms with Gasteiger partial charge in [-0.1, -0.05) is 11.8 Å². The minimum Gasteiger partial charge on any atom is -0.396 e. The molecule has 17 heteroatoms. The van der Waals surface area contributed by atoms with E-state index < -0.39 is 35.4 Å². The predicted octanol–water partition coefficient (Wildman–Crippen LogP) is 4.69. The number of benzene rings is 4. The van der Waals surface area contributed by atoms with Crippen LogP contribution in [0.25, 0.3) is 0 Å². The first-order valence-electron chi connectivity index (χ1n) is 16.3. The third kappa shape index (κ3) is 6.46. The largest absolute Gasteiger partial charge is 0.396 e. The Hall–Kier alpha value is -7.79. The maximum absolute atomic E-state index is 13.4. The molecular formula is C38H24N10O6S. The molecule has 0 unspecified atom stereocenters. The summed E-state index contributed by atoms with van der Waals surface area (Å²) < 4.78 is 0. The molecule has 2 aliphatic heterocycles. The van der Waals surface area contributed by atoms with Gasteiger partial charge in [0.05, 0.1) is 69.8 Å². The molecule has 6 N–H and O–H groups in total. The fourth-order valence-corrected chi connectivity index (χ4v) is 6.66. The van der Waals surface area contributed by atoms with Crippen LogP contribution in [0.2, 0.25) is 0 Å². The number of carbonyl (C=O) groups is 6. The normalized spacial score (nSPS) is 13.2. The van der Waals surface area contributed by atoms with Gasteiger partial charge in [-0.3, -0.25) is 39.4 Å². The molecule has 268 valence electrons. The average Bonchev–Trinajstić information content (AvgIpc) is 3.60. The minimum absolute atomic E-state index is 0.0336. The first-order valence-corrected chi connectivity index (χ1v) is 17.1. The van der Waals surface area contributed by atoms with Crippen LogP contribution in [0.4, 0.5) is 34.6 Å². The third-order valence-corrected chi connectivity index (χ3v) is 9.53. The number of carbonyl (C=O) groups excluding carboxylic acids is 6. The highest BCUT2D eigenvalue weighted by Crippen LogP contribution is 2.35. The smallest absolute Gasteiger partial charge is 0.266 e. The topological polar surface area (TPSA) is 237 Å². The molecule has 6 amide bonds. The first-order chi connectivity index (χ1) is 26.5. The fraction of sp³-hybridized carbons (Fsp3) is 0. The van der Waals surface area contributed by atoms with Crippen molar-refractivity contribution in [2.45, 2.75) is 9.79 Å². The van der Waals surface area contributed by atoms with Crippen molar-refractivity contribution < 1.29 is 28.8 Å². The zero-order valence-electron chi connectivity index (χ0n) is 28.1. The van der Waals surface area contributed by atoms with Gasteiger partial charge < -0.3 is 11.5 Å². The van der Waals surface area contributed by atoms with E-state index in [0.29, 0.717) is 22.7 Å². The summed E-state index contributed by atoms with van der Waals surface area (Å²) in [5, 5.41) is 5.06. The molecule has 0 saturated carbocycles. The first kappa shape index (κ1) is 34.3. The van der Waals surface area contributed by atoms with Gasteiger partial charge in [0.25, 0.3) is 35.4 Å². The Morgan fingerprint density at radius 3 is 1.20 bits per heavy atom. The van der Waals surface area contributed by atoms with Crippen LogP contribution < -0.4 is 31.9 Å². The number of imide groups is 2.